The highest BCUT2D eigenvalue weighted by Gasteiger charge is 2.32. The number of fused-ring (bicyclic) bond motifs is 3. The third-order valence-electron chi connectivity index (χ3n) is 7.92. The number of rotatable bonds is 7. The third kappa shape index (κ3) is 9.24. The molecule has 0 amide bonds. The second-order valence-corrected chi connectivity index (χ2v) is 12.5. The topological polar surface area (TPSA) is 89.9 Å². The lowest BCUT2D eigenvalue weighted by molar-refractivity contribution is 0.0221. The van der Waals surface area contributed by atoms with Crippen molar-refractivity contribution in [3.63, 3.8) is 0 Å². The first-order valence-electron chi connectivity index (χ1n) is 15.8. The number of carboxylic acid groups (broad SMARTS) is 1. The lowest BCUT2D eigenvalue weighted by Crippen LogP contribution is -2.29. The summed E-state index contributed by atoms with van der Waals surface area (Å²) >= 11 is 1.68. The zero-order valence-corrected chi connectivity index (χ0v) is 27.7. The van der Waals surface area contributed by atoms with Gasteiger partial charge in [-0.2, -0.15) is 11.8 Å². The van der Waals surface area contributed by atoms with Crippen LogP contribution in [0.5, 0.6) is 0 Å². The monoisotopic (exact) mass is 668 g/mol. The minimum atomic E-state index is -0.884. The van der Waals surface area contributed by atoms with Crippen LogP contribution in [-0.4, -0.2) is 46.7 Å². The largest absolute Gasteiger partial charge is 0.478 e. The maximum atomic E-state index is 12.7. The molecule has 0 saturated carbocycles. The molecule has 1 aliphatic rings. The fraction of sp³-hybridized carbons (Fsp3) is 0.119. The summed E-state index contributed by atoms with van der Waals surface area (Å²) in [5.74, 6) is -0.712. The Labute approximate surface area is 289 Å². The molecule has 0 radical (unpaired) electrons. The van der Waals surface area contributed by atoms with E-state index in [9.17, 15) is 14.4 Å². The number of carboxylic acids is 1. The van der Waals surface area contributed by atoms with Crippen molar-refractivity contribution < 1.29 is 29.0 Å². The number of thioether (sulfide) groups is 1. The predicted molar refractivity (Wildman–Crippen MR) is 200 cm³/mol. The predicted octanol–water partition coefficient (Wildman–Crippen LogP) is 9.78. The molecule has 7 heteroatoms. The molecule has 6 aromatic rings. The number of ether oxygens (including phenoxy) is 2. The van der Waals surface area contributed by atoms with Gasteiger partial charge in [-0.05, 0) is 80.9 Å². The first kappa shape index (κ1) is 34.7. The second-order valence-electron chi connectivity index (χ2n) is 11.2. The van der Waals surface area contributed by atoms with Gasteiger partial charge in [-0.15, -0.1) is 0 Å². The molecule has 0 spiro atoms. The average molecular weight is 669 g/mol. The van der Waals surface area contributed by atoms with Crippen molar-refractivity contribution in [3.8, 4) is 0 Å². The minimum Gasteiger partial charge on any atom is -0.478 e. The normalized spacial score (nSPS) is 14.9. The average Bonchev–Trinajstić information content (AvgIpc) is 3.60. The highest BCUT2D eigenvalue weighted by Crippen LogP contribution is 2.31. The zero-order chi connectivity index (χ0) is 34.6. The van der Waals surface area contributed by atoms with Crippen molar-refractivity contribution in [2.24, 2.45) is 0 Å². The van der Waals surface area contributed by atoms with Gasteiger partial charge >= 0.3 is 17.9 Å². The van der Waals surface area contributed by atoms with Crippen LogP contribution in [0.1, 0.15) is 37.5 Å². The van der Waals surface area contributed by atoms with Crippen molar-refractivity contribution >= 4 is 62.0 Å². The minimum absolute atomic E-state index is 0.0659. The third-order valence-corrected chi connectivity index (χ3v) is 9.26. The Morgan fingerprint density at radius 3 is 1.53 bits per heavy atom. The lowest BCUT2D eigenvalue weighted by Gasteiger charge is -2.19. The van der Waals surface area contributed by atoms with E-state index in [1.165, 1.54) is 0 Å². The van der Waals surface area contributed by atoms with E-state index in [-0.39, 0.29) is 29.9 Å². The van der Waals surface area contributed by atoms with Crippen LogP contribution in [0.4, 0.5) is 0 Å². The molecule has 1 N–H and O–H groups in total. The standard InChI is InChI=1S/C27H22O4S.C11H8O2.C4H6/c28-26(22-11-9-18-5-1-3-7-20(18)15-22)30-17-25-24(13-14-32-25)31-27(29)23-12-10-19-6-2-4-8-21(19)16-23;12-11(13)10-6-5-8-3-1-2-4-9(8)7-10;1-3-4-2/h1-12,15-16,24-25H,13-14,17H2;1-7H,(H,12,13);3-4H,1-2H2/t24-,25+;;/m1../s1. The molecule has 6 nitrogen and oxygen atoms in total. The highest BCUT2D eigenvalue weighted by molar-refractivity contribution is 8.00. The quantitative estimate of drug-likeness (QED) is 0.134. The van der Waals surface area contributed by atoms with Crippen LogP contribution in [0.3, 0.4) is 0 Å². The summed E-state index contributed by atoms with van der Waals surface area (Å²) in [6.07, 6.45) is 3.76. The summed E-state index contributed by atoms with van der Waals surface area (Å²) in [7, 11) is 0. The summed E-state index contributed by atoms with van der Waals surface area (Å²) in [5, 5.41) is 14.9. The fourth-order valence-electron chi connectivity index (χ4n) is 5.32. The van der Waals surface area contributed by atoms with E-state index in [1.54, 1.807) is 48.2 Å². The SMILES string of the molecule is C=CC=C.O=C(O)c1ccc2ccccc2c1.O=C(OC[C@@H]1SCC[C@H]1OC(=O)c1ccc2ccccc2c1)c1ccc2ccccc2c1. The Morgan fingerprint density at radius 1 is 0.633 bits per heavy atom. The maximum Gasteiger partial charge on any atom is 0.338 e. The number of carbonyl (C=O) groups is 3. The number of hydrogen-bond donors (Lipinski definition) is 1. The Balaban J connectivity index is 0.000000227. The van der Waals surface area contributed by atoms with Crippen LogP contribution in [0.25, 0.3) is 32.3 Å². The number of carbonyl (C=O) groups excluding carboxylic acids is 2. The van der Waals surface area contributed by atoms with Crippen LogP contribution >= 0.6 is 11.8 Å². The zero-order valence-electron chi connectivity index (χ0n) is 26.9. The van der Waals surface area contributed by atoms with Crippen LogP contribution in [-0.2, 0) is 9.47 Å². The van der Waals surface area contributed by atoms with Crippen molar-refractivity contribution in [1.29, 1.82) is 0 Å². The van der Waals surface area contributed by atoms with Crippen LogP contribution in [0, 0.1) is 0 Å². The van der Waals surface area contributed by atoms with Crippen LogP contribution < -0.4 is 0 Å². The molecule has 0 unspecified atom stereocenters. The summed E-state index contributed by atoms with van der Waals surface area (Å²) < 4.78 is 11.4. The molecule has 1 heterocycles. The van der Waals surface area contributed by atoms with Gasteiger partial charge in [-0.1, -0.05) is 116 Å². The van der Waals surface area contributed by atoms with E-state index in [0.717, 1.165) is 44.5 Å². The van der Waals surface area contributed by atoms with Crippen molar-refractivity contribution in [2.75, 3.05) is 12.4 Å². The second kappa shape index (κ2) is 16.9. The Hall–Kier alpha value is -5.66. The summed E-state index contributed by atoms with van der Waals surface area (Å²) in [6, 6.07) is 39.7. The molecule has 246 valence electrons. The summed E-state index contributed by atoms with van der Waals surface area (Å²) in [5.41, 5.74) is 1.39. The molecule has 7 rings (SSSR count). The summed E-state index contributed by atoms with van der Waals surface area (Å²) in [4.78, 5) is 36.0. The first-order valence-corrected chi connectivity index (χ1v) is 16.8. The van der Waals surface area contributed by atoms with Gasteiger partial charge in [0, 0.05) is 0 Å². The molecule has 1 fully saturated rings. The van der Waals surface area contributed by atoms with Crippen LogP contribution in [0.2, 0.25) is 0 Å². The van der Waals surface area contributed by atoms with E-state index in [4.69, 9.17) is 14.6 Å². The van der Waals surface area contributed by atoms with Gasteiger partial charge in [0.25, 0.3) is 0 Å². The summed E-state index contributed by atoms with van der Waals surface area (Å²) in [6.45, 7) is 6.94. The maximum absolute atomic E-state index is 12.7. The van der Waals surface area contributed by atoms with Gasteiger partial charge < -0.3 is 14.6 Å². The van der Waals surface area contributed by atoms with Gasteiger partial charge in [-0.3, -0.25) is 0 Å². The molecule has 49 heavy (non-hydrogen) atoms. The number of aromatic carboxylic acids is 1. The number of esters is 2. The first-order chi connectivity index (χ1) is 23.9. The Kier molecular flexibility index (Phi) is 12.0. The Bertz CT molecular complexity index is 2110. The van der Waals surface area contributed by atoms with E-state index < -0.39 is 5.97 Å². The lowest BCUT2D eigenvalue weighted by atomic mass is 10.1. The Morgan fingerprint density at radius 2 is 1.06 bits per heavy atom. The fourth-order valence-corrected chi connectivity index (χ4v) is 6.56. The van der Waals surface area contributed by atoms with Gasteiger partial charge in [0.2, 0.25) is 0 Å². The molecular formula is C42H36O6S. The molecule has 0 bridgehead atoms. The van der Waals surface area contributed by atoms with E-state index >= 15 is 0 Å². The van der Waals surface area contributed by atoms with Crippen LogP contribution in [0.15, 0.2) is 153 Å². The molecule has 1 aliphatic heterocycles. The van der Waals surface area contributed by atoms with Gasteiger partial charge in [-0.25, -0.2) is 14.4 Å². The molecule has 6 aromatic carbocycles. The van der Waals surface area contributed by atoms with Crippen molar-refractivity contribution in [1.82, 2.24) is 0 Å². The van der Waals surface area contributed by atoms with Crippen molar-refractivity contribution in [2.45, 2.75) is 17.8 Å². The van der Waals surface area contributed by atoms with Gasteiger partial charge in [0.15, 0.2) is 0 Å². The van der Waals surface area contributed by atoms with Gasteiger partial charge in [0.1, 0.15) is 12.7 Å². The molecule has 1 saturated heterocycles. The molecule has 0 aliphatic carbocycles. The van der Waals surface area contributed by atoms with E-state index in [2.05, 4.69) is 13.2 Å². The molecule has 2 atom stereocenters. The smallest absolute Gasteiger partial charge is 0.338 e. The number of hydrogen-bond acceptors (Lipinski definition) is 6. The van der Waals surface area contributed by atoms with Crippen molar-refractivity contribution in [3.05, 3.63) is 169 Å². The number of allylic oxidation sites excluding steroid dienone is 2. The van der Waals surface area contributed by atoms with Gasteiger partial charge in [0.05, 0.1) is 21.9 Å². The molecular weight excluding hydrogens is 633 g/mol. The highest BCUT2D eigenvalue weighted by atomic mass is 32.2. The van der Waals surface area contributed by atoms with E-state index in [1.807, 2.05) is 103 Å². The van der Waals surface area contributed by atoms with E-state index in [0.29, 0.717) is 16.7 Å². The number of benzene rings is 6. The molecule has 0 aromatic heterocycles.